The quantitative estimate of drug-likeness (QED) is 0.103. The van der Waals surface area contributed by atoms with Gasteiger partial charge in [-0.25, -0.2) is 10.2 Å². The third kappa shape index (κ3) is 9.08. The van der Waals surface area contributed by atoms with E-state index in [2.05, 4.69) is 17.5 Å². The Bertz CT molecular complexity index is 1080. The lowest BCUT2D eigenvalue weighted by Gasteiger charge is -2.07. The van der Waals surface area contributed by atoms with Crippen molar-refractivity contribution in [2.45, 2.75) is 45.4 Å². The van der Waals surface area contributed by atoms with Gasteiger partial charge < -0.3 is 9.47 Å². The number of hydrazone groups is 1. The highest BCUT2D eigenvalue weighted by molar-refractivity contribution is 5.95. The second-order valence-corrected chi connectivity index (χ2v) is 8.16. The fraction of sp³-hybridized carbons (Fsp3) is 0.276. The molecule has 0 radical (unpaired) electrons. The minimum absolute atomic E-state index is 0.308. The number of carbonyl (C=O) groups is 2. The summed E-state index contributed by atoms with van der Waals surface area (Å²) in [5, 5.41) is 4.01. The van der Waals surface area contributed by atoms with Crippen molar-refractivity contribution < 1.29 is 19.1 Å². The van der Waals surface area contributed by atoms with E-state index in [4.69, 9.17) is 9.47 Å². The number of hydrogen-bond donors (Lipinski definition) is 1. The van der Waals surface area contributed by atoms with Crippen molar-refractivity contribution in [3.05, 3.63) is 95.6 Å². The van der Waals surface area contributed by atoms with Crippen LogP contribution in [0.25, 0.3) is 0 Å². The van der Waals surface area contributed by atoms with Crippen LogP contribution in [0, 0.1) is 0 Å². The van der Waals surface area contributed by atoms with E-state index in [-0.39, 0.29) is 5.91 Å². The van der Waals surface area contributed by atoms with E-state index in [0.717, 1.165) is 17.7 Å². The van der Waals surface area contributed by atoms with Crippen LogP contribution < -0.4 is 14.9 Å². The van der Waals surface area contributed by atoms with Crippen LogP contribution in [0.15, 0.2) is 84.0 Å². The van der Waals surface area contributed by atoms with E-state index in [1.165, 1.54) is 38.3 Å². The standard InChI is InChI=1S/C29H32N2O4/c1-2-3-4-5-6-10-21-34-26-19-15-24(16-20-26)28(32)31-30-22-23-13-17-27(18-14-23)35-29(33)25-11-8-7-9-12-25/h7-9,11-20,22H,2-6,10,21H2,1H3,(H,31,32)/b30-22+. The molecule has 0 saturated heterocycles. The number of hydrogen-bond acceptors (Lipinski definition) is 5. The molecule has 6 heteroatoms. The summed E-state index contributed by atoms with van der Waals surface area (Å²) in [6.07, 6.45) is 8.84. The zero-order valence-electron chi connectivity index (χ0n) is 20.1. The Morgan fingerprint density at radius 2 is 1.43 bits per heavy atom. The van der Waals surface area contributed by atoms with Gasteiger partial charge >= 0.3 is 5.97 Å². The Labute approximate surface area is 207 Å². The zero-order valence-corrected chi connectivity index (χ0v) is 20.1. The highest BCUT2D eigenvalue weighted by Gasteiger charge is 2.07. The first-order valence-corrected chi connectivity index (χ1v) is 12.1. The summed E-state index contributed by atoms with van der Waals surface area (Å²) < 4.78 is 11.1. The molecular weight excluding hydrogens is 440 g/mol. The SMILES string of the molecule is CCCCCCCCOc1ccc(C(=O)N/N=C/c2ccc(OC(=O)c3ccccc3)cc2)cc1. The van der Waals surface area contributed by atoms with E-state index >= 15 is 0 Å². The number of rotatable bonds is 13. The topological polar surface area (TPSA) is 77.0 Å². The highest BCUT2D eigenvalue weighted by atomic mass is 16.5. The van der Waals surface area contributed by atoms with Gasteiger partial charge in [-0.2, -0.15) is 5.10 Å². The van der Waals surface area contributed by atoms with Crippen LogP contribution in [0.2, 0.25) is 0 Å². The summed E-state index contributed by atoms with van der Waals surface area (Å²) in [7, 11) is 0. The fourth-order valence-corrected chi connectivity index (χ4v) is 3.37. The van der Waals surface area contributed by atoms with Crippen molar-refractivity contribution >= 4 is 18.1 Å². The van der Waals surface area contributed by atoms with E-state index in [0.29, 0.717) is 23.5 Å². The summed E-state index contributed by atoms with van der Waals surface area (Å²) >= 11 is 0. The van der Waals surface area contributed by atoms with Crippen LogP contribution >= 0.6 is 0 Å². The molecule has 0 aliphatic carbocycles. The van der Waals surface area contributed by atoms with E-state index in [1.54, 1.807) is 72.8 Å². The van der Waals surface area contributed by atoms with Gasteiger partial charge in [-0.1, -0.05) is 57.2 Å². The van der Waals surface area contributed by atoms with Crippen LogP contribution in [0.1, 0.15) is 71.7 Å². The molecule has 0 saturated carbocycles. The van der Waals surface area contributed by atoms with Gasteiger partial charge in [0.05, 0.1) is 18.4 Å². The van der Waals surface area contributed by atoms with E-state index in [9.17, 15) is 9.59 Å². The summed E-state index contributed by atoms with van der Waals surface area (Å²) in [5.41, 5.74) is 4.25. The minimum atomic E-state index is -0.418. The Morgan fingerprint density at radius 1 is 0.771 bits per heavy atom. The molecule has 35 heavy (non-hydrogen) atoms. The number of esters is 1. The highest BCUT2D eigenvalue weighted by Crippen LogP contribution is 2.15. The van der Waals surface area contributed by atoms with Crippen molar-refractivity contribution in [1.29, 1.82) is 0 Å². The number of unbranched alkanes of at least 4 members (excludes halogenated alkanes) is 5. The first kappa shape index (κ1) is 25.7. The number of carbonyl (C=O) groups excluding carboxylic acids is 2. The largest absolute Gasteiger partial charge is 0.494 e. The van der Waals surface area contributed by atoms with Gasteiger partial charge in [-0.3, -0.25) is 4.79 Å². The molecule has 0 aromatic heterocycles. The molecule has 1 amide bonds. The van der Waals surface area contributed by atoms with E-state index < -0.39 is 5.97 Å². The van der Waals surface area contributed by atoms with Crippen molar-refractivity contribution in [3.8, 4) is 11.5 Å². The van der Waals surface area contributed by atoms with Gasteiger partial charge in [-0.05, 0) is 72.6 Å². The van der Waals surface area contributed by atoms with Crippen LogP contribution in [0.3, 0.4) is 0 Å². The van der Waals surface area contributed by atoms with Gasteiger partial charge in [0.15, 0.2) is 0 Å². The lowest BCUT2D eigenvalue weighted by atomic mass is 10.1. The number of nitrogens with zero attached hydrogens (tertiary/aromatic N) is 1. The van der Waals surface area contributed by atoms with Gasteiger partial charge in [-0.15, -0.1) is 0 Å². The normalized spacial score (nSPS) is 10.8. The maximum absolute atomic E-state index is 12.3. The maximum Gasteiger partial charge on any atom is 0.343 e. The van der Waals surface area contributed by atoms with Gasteiger partial charge in [0.25, 0.3) is 5.91 Å². The number of amides is 1. The molecule has 3 aromatic carbocycles. The third-order valence-electron chi connectivity index (χ3n) is 5.36. The Morgan fingerprint density at radius 3 is 2.14 bits per heavy atom. The van der Waals surface area contributed by atoms with Gasteiger partial charge in [0.1, 0.15) is 11.5 Å². The first-order valence-electron chi connectivity index (χ1n) is 12.1. The van der Waals surface area contributed by atoms with Crippen LogP contribution in [-0.2, 0) is 0 Å². The van der Waals surface area contributed by atoms with E-state index in [1.807, 2.05) is 6.07 Å². The monoisotopic (exact) mass is 472 g/mol. The molecule has 0 unspecified atom stereocenters. The Kier molecular flexibility index (Phi) is 10.5. The molecule has 0 aliphatic heterocycles. The average Bonchev–Trinajstić information content (AvgIpc) is 2.90. The van der Waals surface area contributed by atoms with Crippen molar-refractivity contribution in [2.75, 3.05) is 6.61 Å². The summed E-state index contributed by atoms with van der Waals surface area (Å²) in [6.45, 7) is 2.90. The smallest absolute Gasteiger partial charge is 0.343 e. The Balaban J connectivity index is 1.39. The molecule has 0 spiro atoms. The number of nitrogens with one attached hydrogen (secondary N) is 1. The average molecular weight is 473 g/mol. The van der Waals surface area contributed by atoms with Crippen molar-refractivity contribution in [2.24, 2.45) is 5.10 Å². The summed E-state index contributed by atoms with van der Waals surface area (Å²) in [4.78, 5) is 24.4. The molecule has 182 valence electrons. The lowest BCUT2D eigenvalue weighted by molar-refractivity contribution is 0.0734. The molecule has 1 N–H and O–H groups in total. The van der Waals surface area contributed by atoms with Gasteiger partial charge in [0.2, 0.25) is 0 Å². The first-order chi connectivity index (χ1) is 17.2. The summed E-state index contributed by atoms with van der Waals surface area (Å²) in [5.74, 6) is 0.459. The van der Waals surface area contributed by atoms with Crippen molar-refractivity contribution in [1.82, 2.24) is 5.43 Å². The molecular formula is C29H32N2O4. The Hall–Kier alpha value is -3.93. The number of benzene rings is 3. The third-order valence-corrected chi connectivity index (χ3v) is 5.36. The second-order valence-electron chi connectivity index (χ2n) is 8.16. The van der Waals surface area contributed by atoms with Crippen molar-refractivity contribution in [3.63, 3.8) is 0 Å². The molecule has 0 atom stereocenters. The lowest BCUT2D eigenvalue weighted by Crippen LogP contribution is -2.17. The molecule has 0 fully saturated rings. The molecule has 0 bridgehead atoms. The molecule has 3 aromatic rings. The molecule has 6 nitrogen and oxygen atoms in total. The molecule has 3 rings (SSSR count). The minimum Gasteiger partial charge on any atom is -0.494 e. The van der Waals surface area contributed by atoms with Gasteiger partial charge in [0, 0.05) is 5.56 Å². The summed E-state index contributed by atoms with van der Waals surface area (Å²) in [6, 6.07) is 22.7. The zero-order chi connectivity index (χ0) is 24.7. The fourth-order valence-electron chi connectivity index (χ4n) is 3.37. The van der Waals surface area contributed by atoms with Crippen LogP contribution in [0.4, 0.5) is 0 Å². The van der Waals surface area contributed by atoms with Crippen LogP contribution in [-0.4, -0.2) is 24.7 Å². The second kappa shape index (κ2) is 14.4. The predicted molar refractivity (Wildman–Crippen MR) is 138 cm³/mol. The van der Waals surface area contributed by atoms with Crippen LogP contribution in [0.5, 0.6) is 11.5 Å². The number of ether oxygens (including phenoxy) is 2. The maximum atomic E-state index is 12.3. The molecule has 0 aliphatic rings. The molecule has 0 heterocycles. The predicted octanol–water partition coefficient (Wildman–Crippen LogP) is 6.41.